The van der Waals surface area contributed by atoms with E-state index >= 15 is 0 Å². The topological polar surface area (TPSA) is 64.3 Å². The van der Waals surface area contributed by atoms with E-state index in [4.69, 9.17) is 10.5 Å². The summed E-state index contributed by atoms with van der Waals surface area (Å²) in [5, 5.41) is 3.81. The van der Waals surface area contributed by atoms with Crippen molar-refractivity contribution in [3.05, 3.63) is 0 Å². The van der Waals surface area contributed by atoms with Crippen molar-refractivity contribution in [2.24, 2.45) is 5.73 Å². The molecule has 4 nitrogen and oxygen atoms in total. The Bertz CT molecular complexity index is 258. The van der Waals surface area contributed by atoms with Crippen LogP contribution in [0.3, 0.4) is 0 Å². The maximum atomic E-state index is 11.3. The summed E-state index contributed by atoms with van der Waals surface area (Å²) < 4.78 is 5.49. The van der Waals surface area contributed by atoms with E-state index in [2.05, 4.69) is 12.2 Å². The zero-order valence-electron chi connectivity index (χ0n) is 9.65. The smallest absolute Gasteiger partial charge is 0.235 e. The average Bonchev–Trinajstić information content (AvgIpc) is 2.96. The lowest BCUT2D eigenvalue weighted by Gasteiger charge is -2.18. The molecule has 1 heterocycles. The summed E-state index contributed by atoms with van der Waals surface area (Å²) in [6.45, 7) is 2.94. The zero-order valence-corrected chi connectivity index (χ0v) is 10.5. The molecular weight excluding hydrogens is 224 g/mol. The van der Waals surface area contributed by atoms with Gasteiger partial charge in [-0.25, -0.2) is 0 Å². The van der Waals surface area contributed by atoms with Crippen LogP contribution in [0.1, 0.15) is 26.2 Å². The molecule has 0 aromatic heterocycles. The molecule has 0 aromatic rings. The number of ether oxygens (including phenoxy) is 1. The van der Waals surface area contributed by atoms with Gasteiger partial charge in [-0.1, -0.05) is 0 Å². The molecule has 1 saturated carbocycles. The van der Waals surface area contributed by atoms with E-state index in [1.807, 2.05) is 11.8 Å². The first-order valence-electron chi connectivity index (χ1n) is 5.95. The molecule has 16 heavy (non-hydrogen) atoms. The molecule has 1 aliphatic carbocycles. The molecule has 2 aliphatic rings. The molecule has 0 aromatic carbocycles. The van der Waals surface area contributed by atoms with Crippen LogP contribution in [0.5, 0.6) is 0 Å². The lowest BCUT2D eigenvalue weighted by Crippen LogP contribution is -2.44. The predicted octanol–water partition coefficient (Wildman–Crippen LogP) is 0.503. The molecule has 3 atom stereocenters. The summed E-state index contributed by atoms with van der Waals surface area (Å²) in [5.74, 6) is 0.537. The highest BCUT2D eigenvalue weighted by molar-refractivity contribution is 8.00. The van der Waals surface area contributed by atoms with Gasteiger partial charge in [0.15, 0.2) is 0 Å². The quantitative estimate of drug-likeness (QED) is 0.714. The van der Waals surface area contributed by atoms with Gasteiger partial charge in [-0.15, -0.1) is 0 Å². The maximum absolute atomic E-state index is 11.3. The predicted molar refractivity (Wildman–Crippen MR) is 65.4 cm³/mol. The van der Waals surface area contributed by atoms with Gasteiger partial charge < -0.3 is 15.8 Å². The second-order valence-electron chi connectivity index (χ2n) is 4.63. The summed E-state index contributed by atoms with van der Waals surface area (Å²) in [6.07, 6.45) is 3.75. The summed E-state index contributed by atoms with van der Waals surface area (Å²) in [5.41, 5.74) is 5.39. The fourth-order valence-corrected chi connectivity index (χ4v) is 3.21. The zero-order chi connectivity index (χ0) is 11.5. The monoisotopic (exact) mass is 244 g/mol. The van der Waals surface area contributed by atoms with Gasteiger partial charge in [0.1, 0.15) is 0 Å². The van der Waals surface area contributed by atoms with E-state index < -0.39 is 0 Å². The van der Waals surface area contributed by atoms with Crippen molar-refractivity contribution < 1.29 is 9.53 Å². The van der Waals surface area contributed by atoms with Crippen LogP contribution in [0.2, 0.25) is 0 Å². The fourth-order valence-electron chi connectivity index (χ4n) is 1.90. The first-order valence-corrected chi connectivity index (χ1v) is 7.00. The summed E-state index contributed by atoms with van der Waals surface area (Å²) in [7, 11) is 0. The summed E-state index contributed by atoms with van der Waals surface area (Å²) >= 11 is 1.81. The molecule has 0 spiro atoms. The molecular formula is C11H20N2O2S. The Labute approximate surface area is 101 Å². The molecule has 3 N–H and O–H groups in total. The van der Waals surface area contributed by atoms with Crippen molar-refractivity contribution in [1.82, 2.24) is 5.32 Å². The molecule has 1 saturated heterocycles. The van der Waals surface area contributed by atoms with Crippen molar-refractivity contribution in [3.63, 3.8) is 0 Å². The molecule has 5 heteroatoms. The number of nitrogens with two attached hydrogens (primary N) is 1. The third-order valence-corrected chi connectivity index (χ3v) is 4.71. The van der Waals surface area contributed by atoms with E-state index in [9.17, 15) is 4.79 Å². The van der Waals surface area contributed by atoms with Gasteiger partial charge in [0.05, 0.1) is 12.1 Å². The van der Waals surface area contributed by atoms with Crippen LogP contribution in [0.15, 0.2) is 0 Å². The highest BCUT2D eigenvalue weighted by Gasteiger charge is 2.30. The van der Waals surface area contributed by atoms with Gasteiger partial charge in [-0.05, 0) is 26.2 Å². The molecule has 1 aliphatic heterocycles. The highest BCUT2D eigenvalue weighted by atomic mass is 32.2. The van der Waals surface area contributed by atoms with Crippen LogP contribution in [0.4, 0.5) is 0 Å². The van der Waals surface area contributed by atoms with Crippen LogP contribution < -0.4 is 11.1 Å². The third-order valence-electron chi connectivity index (χ3n) is 3.14. The van der Waals surface area contributed by atoms with Crippen molar-refractivity contribution in [3.8, 4) is 0 Å². The van der Waals surface area contributed by atoms with E-state index in [1.165, 1.54) is 12.8 Å². The third kappa shape index (κ3) is 3.37. The largest absolute Gasteiger partial charge is 0.377 e. The molecule has 2 fully saturated rings. The number of carbonyl (C=O) groups excluding carboxylic acids is 1. The average molecular weight is 244 g/mol. The summed E-state index contributed by atoms with van der Waals surface area (Å²) in [4.78, 5) is 11.3. The minimum atomic E-state index is -0.231. The standard InChI is InChI=1S/C11H20N2O2S/c1-7-10(4-5-15-7)16-6-9(11(12)14)13-8-2-3-8/h7-10,13H,2-6H2,1H3,(H2,12,14). The van der Waals surface area contributed by atoms with Crippen LogP contribution in [-0.2, 0) is 9.53 Å². The van der Waals surface area contributed by atoms with E-state index in [-0.39, 0.29) is 11.9 Å². The van der Waals surface area contributed by atoms with E-state index in [1.54, 1.807) is 0 Å². The van der Waals surface area contributed by atoms with Gasteiger partial charge >= 0.3 is 0 Å². The van der Waals surface area contributed by atoms with Gasteiger partial charge in [0, 0.05) is 23.7 Å². The highest BCUT2D eigenvalue weighted by Crippen LogP contribution is 2.27. The van der Waals surface area contributed by atoms with Gasteiger partial charge in [-0.2, -0.15) is 11.8 Å². The van der Waals surface area contributed by atoms with Crippen LogP contribution in [0, 0.1) is 0 Å². The number of rotatable bonds is 6. The summed E-state index contributed by atoms with van der Waals surface area (Å²) in [6, 6.07) is 0.348. The number of nitrogens with one attached hydrogen (secondary N) is 1. The van der Waals surface area contributed by atoms with Crippen LogP contribution in [-0.4, -0.2) is 41.7 Å². The number of thioether (sulfide) groups is 1. The van der Waals surface area contributed by atoms with Crippen molar-refractivity contribution in [1.29, 1.82) is 0 Å². The van der Waals surface area contributed by atoms with Crippen molar-refractivity contribution >= 4 is 17.7 Å². The van der Waals surface area contributed by atoms with Crippen molar-refractivity contribution in [2.75, 3.05) is 12.4 Å². The Balaban J connectivity index is 1.74. The number of hydrogen-bond acceptors (Lipinski definition) is 4. The van der Waals surface area contributed by atoms with Gasteiger partial charge in [0.2, 0.25) is 5.91 Å². The molecule has 0 bridgehead atoms. The van der Waals surface area contributed by atoms with E-state index in [0.717, 1.165) is 18.8 Å². The van der Waals surface area contributed by atoms with Crippen LogP contribution >= 0.6 is 11.8 Å². The first kappa shape index (κ1) is 12.2. The Morgan fingerprint density at radius 3 is 2.81 bits per heavy atom. The van der Waals surface area contributed by atoms with Gasteiger partial charge in [0.25, 0.3) is 0 Å². The van der Waals surface area contributed by atoms with Crippen molar-refractivity contribution in [2.45, 2.75) is 49.6 Å². The van der Waals surface area contributed by atoms with Crippen LogP contribution in [0.25, 0.3) is 0 Å². The lowest BCUT2D eigenvalue weighted by atomic mass is 10.3. The minimum absolute atomic E-state index is 0.176. The van der Waals surface area contributed by atoms with E-state index in [0.29, 0.717) is 17.4 Å². The SMILES string of the molecule is CC1OCCC1SCC(NC1CC1)C(N)=O. The first-order chi connectivity index (χ1) is 7.66. The Morgan fingerprint density at radius 2 is 2.31 bits per heavy atom. The molecule has 92 valence electrons. The molecule has 0 radical (unpaired) electrons. The number of carbonyl (C=O) groups is 1. The Morgan fingerprint density at radius 1 is 1.56 bits per heavy atom. The number of amides is 1. The normalized spacial score (nSPS) is 31.6. The second-order valence-corrected chi connectivity index (χ2v) is 5.90. The fraction of sp³-hybridized carbons (Fsp3) is 0.909. The number of primary amides is 1. The minimum Gasteiger partial charge on any atom is -0.377 e. The Kier molecular flexibility index (Phi) is 4.10. The second kappa shape index (κ2) is 5.38. The lowest BCUT2D eigenvalue weighted by molar-refractivity contribution is -0.119. The maximum Gasteiger partial charge on any atom is 0.235 e. The molecule has 2 rings (SSSR count). The molecule has 3 unspecified atom stereocenters. The Hall–Kier alpha value is -0.260. The number of hydrogen-bond donors (Lipinski definition) is 2. The van der Waals surface area contributed by atoms with Gasteiger partial charge in [-0.3, -0.25) is 4.79 Å². The molecule has 1 amide bonds.